The maximum Gasteiger partial charge on any atom is 0.322 e. The van der Waals surface area contributed by atoms with Gasteiger partial charge in [-0.3, -0.25) is 9.59 Å². The summed E-state index contributed by atoms with van der Waals surface area (Å²) < 4.78 is 5.29. The molecule has 204 valence electrons. The number of rotatable bonds is 23. The number of amides is 1. The third kappa shape index (κ3) is 25.5. The summed E-state index contributed by atoms with van der Waals surface area (Å²) in [4.78, 5) is 23.9. The minimum absolute atomic E-state index is 0.130. The van der Waals surface area contributed by atoms with E-state index >= 15 is 0 Å². The number of nitrogens with two attached hydrogens (primary N) is 1. The predicted octanol–water partition coefficient (Wildman–Crippen LogP) is 7.30. The average Bonchev–Trinajstić information content (AvgIpc) is 2.80. The summed E-state index contributed by atoms with van der Waals surface area (Å²) in [5, 5.41) is 2.98. The summed E-state index contributed by atoms with van der Waals surface area (Å²) in [6.07, 6.45) is 25.1. The highest BCUT2D eigenvalue weighted by atomic mass is 28.3. The van der Waals surface area contributed by atoms with Crippen molar-refractivity contribution in [1.82, 2.24) is 5.32 Å². The molecular weight excluding hydrogens is 452 g/mol. The lowest BCUT2D eigenvalue weighted by atomic mass is 10.1. The fraction of sp³-hybridized carbons (Fsp3) is 0.793. The predicted molar refractivity (Wildman–Crippen MR) is 153 cm³/mol. The summed E-state index contributed by atoms with van der Waals surface area (Å²) in [7, 11) is -1.20. The minimum Gasteiger partial charge on any atom is -0.465 e. The van der Waals surface area contributed by atoms with E-state index in [4.69, 9.17) is 10.5 Å². The van der Waals surface area contributed by atoms with Crippen molar-refractivity contribution in [2.75, 3.05) is 13.2 Å². The largest absolute Gasteiger partial charge is 0.465 e. The van der Waals surface area contributed by atoms with Gasteiger partial charge in [0.25, 0.3) is 0 Å². The summed E-state index contributed by atoms with van der Waals surface area (Å²) in [5.41, 5.74) is 5.92. The Morgan fingerprint density at radius 3 is 2.14 bits per heavy atom. The van der Waals surface area contributed by atoms with Gasteiger partial charge in [0.15, 0.2) is 0 Å². The van der Waals surface area contributed by atoms with Gasteiger partial charge in [0.1, 0.15) is 6.04 Å². The number of hydrogen-bond acceptors (Lipinski definition) is 4. The first-order valence-corrected chi connectivity index (χ1v) is 18.0. The zero-order valence-corrected chi connectivity index (χ0v) is 24.4. The zero-order valence-electron chi connectivity index (χ0n) is 23.4. The van der Waals surface area contributed by atoms with Gasteiger partial charge < -0.3 is 15.8 Å². The van der Waals surface area contributed by atoms with E-state index in [-0.39, 0.29) is 11.9 Å². The molecule has 1 atom stereocenters. The van der Waals surface area contributed by atoms with Crippen LogP contribution in [-0.2, 0) is 14.3 Å². The highest BCUT2D eigenvalue weighted by molar-refractivity contribution is 6.76. The second kappa shape index (κ2) is 23.0. The van der Waals surface area contributed by atoms with Crippen LogP contribution >= 0.6 is 0 Å². The molecule has 0 fully saturated rings. The molecule has 0 aliphatic rings. The van der Waals surface area contributed by atoms with Gasteiger partial charge in [0.2, 0.25) is 5.91 Å². The third-order valence-corrected chi connectivity index (χ3v) is 7.72. The first-order valence-electron chi connectivity index (χ1n) is 14.2. The molecule has 0 aromatic carbocycles. The monoisotopic (exact) mass is 508 g/mol. The van der Waals surface area contributed by atoms with Crippen molar-refractivity contribution >= 4 is 20.0 Å². The highest BCUT2D eigenvalue weighted by Gasteiger charge is 2.17. The second-order valence-electron chi connectivity index (χ2n) is 10.9. The van der Waals surface area contributed by atoms with Gasteiger partial charge in [0, 0.05) is 21.0 Å². The standard InChI is InChI=1S/C29H56N2O3Si/c1-5-6-7-8-9-10-11-12-13-14-15-16-17-18-19-23-28(32)31-24-21-20-22-27(30)29(33)34-25-26-35(2,3)4/h9-10,12-13,27H,5-8,11,14-26,30H2,1-4H3,(H,31,32)/b10-9+,13-12+. The lowest BCUT2D eigenvalue weighted by Crippen LogP contribution is -2.34. The Morgan fingerprint density at radius 1 is 0.857 bits per heavy atom. The maximum atomic E-state index is 12.0. The Morgan fingerprint density at radius 2 is 1.49 bits per heavy atom. The molecule has 0 heterocycles. The van der Waals surface area contributed by atoms with Gasteiger partial charge in [-0.15, -0.1) is 0 Å². The molecule has 0 radical (unpaired) electrons. The molecule has 0 aliphatic heterocycles. The summed E-state index contributed by atoms with van der Waals surface area (Å²) in [5.74, 6) is -0.167. The van der Waals surface area contributed by atoms with Crippen LogP contribution in [0.15, 0.2) is 24.3 Å². The Balaban J connectivity index is 3.49. The topological polar surface area (TPSA) is 81.4 Å². The van der Waals surface area contributed by atoms with Crippen LogP contribution in [0.2, 0.25) is 25.7 Å². The molecule has 0 rings (SSSR count). The van der Waals surface area contributed by atoms with Crippen molar-refractivity contribution in [3.8, 4) is 0 Å². The van der Waals surface area contributed by atoms with Crippen molar-refractivity contribution < 1.29 is 14.3 Å². The van der Waals surface area contributed by atoms with E-state index < -0.39 is 14.1 Å². The van der Waals surface area contributed by atoms with E-state index in [0.29, 0.717) is 26.0 Å². The van der Waals surface area contributed by atoms with E-state index in [2.05, 4.69) is 56.2 Å². The number of nitrogens with one attached hydrogen (secondary N) is 1. The lowest BCUT2D eigenvalue weighted by molar-refractivity contribution is -0.144. The van der Waals surface area contributed by atoms with Crippen LogP contribution in [0.3, 0.4) is 0 Å². The Kier molecular flexibility index (Phi) is 22.1. The molecule has 0 bridgehead atoms. The van der Waals surface area contributed by atoms with Crippen LogP contribution in [0.25, 0.3) is 0 Å². The van der Waals surface area contributed by atoms with Crippen LogP contribution in [0.1, 0.15) is 103 Å². The molecule has 1 unspecified atom stereocenters. The van der Waals surface area contributed by atoms with Crippen molar-refractivity contribution in [1.29, 1.82) is 0 Å². The van der Waals surface area contributed by atoms with E-state index in [1.54, 1.807) is 0 Å². The van der Waals surface area contributed by atoms with Crippen LogP contribution in [0, 0.1) is 0 Å². The average molecular weight is 509 g/mol. The maximum absolute atomic E-state index is 12.0. The molecule has 35 heavy (non-hydrogen) atoms. The number of hydrogen-bond donors (Lipinski definition) is 2. The summed E-state index contributed by atoms with van der Waals surface area (Å²) in [6, 6.07) is 0.409. The van der Waals surface area contributed by atoms with Gasteiger partial charge in [0.05, 0.1) is 6.61 Å². The molecule has 5 nitrogen and oxygen atoms in total. The summed E-state index contributed by atoms with van der Waals surface area (Å²) in [6.45, 7) is 10.1. The molecule has 6 heteroatoms. The van der Waals surface area contributed by atoms with Crippen molar-refractivity contribution in [3.05, 3.63) is 24.3 Å². The number of carbonyl (C=O) groups is 2. The molecular formula is C29H56N2O3Si. The number of allylic oxidation sites excluding steroid dienone is 4. The number of carbonyl (C=O) groups excluding carboxylic acids is 2. The Labute approximate surface area is 217 Å². The van der Waals surface area contributed by atoms with Gasteiger partial charge >= 0.3 is 5.97 Å². The smallest absolute Gasteiger partial charge is 0.322 e. The SMILES string of the molecule is CCCCC/C=C/C/C=C/CCCCCCCC(=O)NCCCCC(N)C(=O)OCC[Si](C)(C)C. The molecule has 0 saturated carbocycles. The molecule has 3 N–H and O–H groups in total. The molecule has 0 spiro atoms. The molecule has 0 aliphatic carbocycles. The van der Waals surface area contributed by atoms with Crippen LogP contribution in [0.5, 0.6) is 0 Å². The number of unbranched alkanes of at least 4 members (excludes halogenated alkanes) is 9. The van der Waals surface area contributed by atoms with Crippen LogP contribution < -0.4 is 11.1 Å². The second-order valence-corrected chi connectivity index (χ2v) is 16.5. The molecule has 1 amide bonds. The number of esters is 1. The zero-order chi connectivity index (χ0) is 26.2. The van der Waals surface area contributed by atoms with E-state index in [9.17, 15) is 9.59 Å². The minimum atomic E-state index is -1.20. The Hall–Kier alpha value is -1.40. The van der Waals surface area contributed by atoms with E-state index in [1.807, 2.05) is 0 Å². The third-order valence-electron chi connectivity index (χ3n) is 6.02. The van der Waals surface area contributed by atoms with Crippen molar-refractivity contribution in [2.24, 2.45) is 5.73 Å². The molecule has 0 aromatic rings. The Bertz CT molecular complexity index is 585. The molecule has 0 aromatic heterocycles. The van der Waals surface area contributed by atoms with Gasteiger partial charge in [-0.05, 0) is 63.8 Å². The van der Waals surface area contributed by atoms with Gasteiger partial charge in [-0.1, -0.05) is 83.0 Å². The molecule has 0 saturated heterocycles. The number of ether oxygens (including phenoxy) is 1. The first kappa shape index (κ1) is 33.6. The first-order chi connectivity index (χ1) is 16.8. The summed E-state index contributed by atoms with van der Waals surface area (Å²) >= 11 is 0. The fourth-order valence-electron chi connectivity index (χ4n) is 3.59. The van der Waals surface area contributed by atoms with Crippen LogP contribution in [0.4, 0.5) is 0 Å². The van der Waals surface area contributed by atoms with Crippen molar-refractivity contribution in [3.63, 3.8) is 0 Å². The normalized spacial score (nSPS) is 12.9. The van der Waals surface area contributed by atoms with Gasteiger partial charge in [-0.2, -0.15) is 0 Å². The van der Waals surface area contributed by atoms with Crippen molar-refractivity contribution in [2.45, 2.75) is 135 Å². The fourth-order valence-corrected chi connectivity index (χ4v) is 4.30. The van der Waals surface area contributed by atoms with Crippen LogP contribution in [-0.4, -0.2) is 39.1 Å². The van der Waals surface area contributed by atoms with Gasteiger partial charge in [-0.25, -0.2) is 0 Å². The quantitative estimate of drug-likeness (QED) is 0.0657. The lowest BCUT2D eigenvalue weighted by Gasteiger charge is -2.17. The highest BCUT2D eigenvalue weighted by Crippen LogP contribution is 2.10. The van der Waals surface area contributed by atoms with E-state index in [1.165, 1.54) is 44.9 Å². The van der Waals surface area contributed by atoms with E-state index in [0.717, 1.165) is 44.6 Å².